The highest BCUT2D eigenvalue weighted by Crippen LogP contribution is 2.27. The largest absolute Gasteiger partial charge is 0.355 e. The summed E-state index contributed by atoms with van der Waals surface area (Å²) in [6.45, 7) is 2.03. The van der Waals surface area contributed by atoms with Gasteiger partial charge in [-0.05, 0) is 60.7 Å². The molecule has 0 fully saturated rings. The van der Waals surface area contributed by atoms with Gasteiger partial charge in [-0.15, -0.1) is 0 Å². The number of anilines is 1. The Hall–Kier alpha value is -3.19. The van der Waals surface area contributed by atoms with E-state index in [2.05, 4.69) is 5.32 Å². The highest BCUT2D eigenvalue weighted by molar-refractivity contribution is 7.92. The zero-order valence-corrected chi connectivity index (χ0v) is 18.8. The molecule has 32 heavy (non-hydrogen) atoms. The molecule has 0 spiro atoms. The predicted molar refractivity (Wildman–Crippen MR) is 125 cm³/mol. The summed E-state index contributed by atoms with van der Waals surface area (Å²) in [5, 5.41) is 2.81. The van der Waals surface area contributed by atoms with Gasteiger partial charge in [0, 0.05) is 6.54 Å². The SMILES string of the molecule is CCc1ccccc1N(CC(=O)NCCCc1ccc(F)cc1)S(=O)(=O)c1ccccc1. The number of nitrogens with zero attached hydrogens (tertiary/aromatic N) is 1. The number of amides is 1. The Balaban J connectivity index is 1.72. The van der Waals surface area contributed by atoms with Crippen LogP contribution in [0.5, 0.6) is 0 Å². The molecule has 1 amide bonds. The summed E-state index contributed by atoms with van der Waals surface area (Å²) in [5.41, 5.74) is 2.32. The van der Waals surface area contributed by atoms with Crippen LogP contribution in [0, 0.1) is 5.82 Å². The molecule has 3 aromatic rings. The number of aryl methyl sites for hydroxylation is 2. The molecule has 0 unspecified atom stereocenters. The van der Waals surface area contributed by atoms with Gasteiger partial charge >= 0.3 is 0 Å². The number of nitrogens with one attached hydrogen (secondary N) is 1. The highest BCUT2D eigenvalue weighted by Gasteiger charge is 2.28. The number of benzene rings is 3. The first-order valence-electron chi connectivity index (χ1n) is 10.6. The molecule has 168 valence electrons. The molecular weight excluding hydrogens is 427 g/mol. The van der Waals surface area contributed by atoms with Crippen molar-refractivity contribution in [3.8, 4) is 0 Å². The van der Waals surface area contributed by atoms with Crippen molar-refractivity contribution in [3.05, 3.63) is 95.8 Å². The lowest BCUT2D eigenvalue weighted by molar-refractivity contribution is -0.119. The van der Waals surface area contributed by atoms with Crippen molar-refractivity contribution >= 4 is 21.6 Å². The third-order valence-corrected chi connectivity index (χ3v) is 6.91. The molecule has 0 atom stereocenters. The molecule has 0 saturated carbocycles. The summed E-state index contributed by atoms with van der Waals surface area (Å²) in [6, 6.07) is 21.6. The predicted octanol–water partition coefficient (Wildman–Crippen LogP) is 4.33. The molecule has 0 radical (unpaired) electrons. The quantitative estimate of drug-likeness (QED) is 0.464. The minimum atomic E-state index is -3.92. The summed E-state index contributed by atoms with van der Waals surface area (Å²) in [4.78, 5) is 12.8. The molecule has 0 aliphatic heterocycles. The number of hydrogen-bond donors (Lipinski definition) is 1. The minimum Gasteiger partial charge on any atom is -0.355 e. The van der Waals surface area contributed by atoms with Gasteiger partial charge in [-0.1, -0.05) is 55.5 Å². The van der Waals surface area contributed by atoms with Crippen LogP contribution in [0.3, 0.4) is 0 Å². The van der Waals surface area contributed by atoms with Crippen molar-refractivity contribution < 1.29 is 17.6 Å². The summed E-state index contributed by atoms with van der Waals surface area (Å²) >= 11 is 0. The van der Waals surface area contributed by atoms with Crippen molar-refractivity contribution in [3.63, 3.8) is 0 Å². The van der Waals surface area contributed by atoms with Gasteiger partial charge in [-0.25, -0.2) is 12.8 Å². The number of rotatable bonds is 10. The van der Waals surface area contributed by atoms with Gasteiger partial charge in [0.2, 0.25) is 5.91 Å². The number of para-hydroxylation sites is 1. The van der Waals surface area contributed by atoms with Gasteiger partial charge in [0.1, 0.15) is 12.4 Å². The standard InChI is InChI=1S/C25H27FN2O3S/c1-2-21-10-6-7-13-24(21)28(32(30,31)23-11-4-3-5-12-23)19-25(29)27-18-8-9-20-14-16-22(26)17-15-20/h3-7,10-17H,2,8-9,18-19H2,1H3,(H,27,29). The van der Waals surface area contributed by atoms with Crippen molar-refractivity contribution in [2.45, 2.75) is 31.1 Å². The van der Waals surface area contributed by atoms with Crippen LogP contribution in [0.1, 0.15) is 24.5 Å². The Kier molecular flexibility index (Phi) is 8.00. The average Bonchev–Trinajstić information content (AvgIpc) is 2.82. The fraction of sp³-hybridized carbons (Fsp3) is 0.240. The zero-order valence-electron chi connectivity index (χ0n) is 18.0. The van der Waals surface area contributed by atoms with Crippen molar-refractivity contribution in [1.29, 1.82) is 0 Å². The fourth-order valence-corrected chi connectivity index (χ4v) is 4.91. The van der Waals surface area contributed by atoms with Crippen LogP contribution in [-0.4, -0.2) is 27.4 Å². The first kappa shape index (κ1) is 23.5. The molecule has 0 bridgehead atoms. The van der Waals surface area contributed by atoms with E-state index < -0.39 is 10.0 Å². The number of hydrogen-bond acceptors (Lipinski definition) is 3. The molecule has 3 aromatic carbocycles. The Morgan fingerprint density at radius 1 is 0.938 bits per heavy atom. The molecule has 0 saturated heterocycles. The topological polar surface area (TPSA) is 66.5 Å². The average molecular weight is 455 g/mol. The maximum Gasteiger partial charge on any atom is 0.264 e. The first-order valence-corrected chi connectivity index (χ1v) is 12.0. The van der Waals surface area contributed by atoms with Crippen LogP contribution in [0.2, 0.25) is 0 Å². The van der Waals surface area contributed by atoms with E-state index in [0.717, 1.165) is 11.1 Å². The summed E-state index contributed by atoms with van der Waals surface area (Å²) < 4.78 is 41.0. The van der Waals surface area contributed by atoms with Crippen LogP contribution in [-0.2, 0) is 27.7 Å². The second-order valence-electron chi connectivity index (χ2n) is 7.39. The monoisotopic (exact) mass is 454 g/mol. The Morgan fingerprint density at radius 2 is 1.59 bits per heavy atom. The minimum absolute atomic E-state index is 0.134. The van der Waals surface area contributed by atoms with Gasteiger partial charge in [0.25, 0.3) is 10.0 Å². The Bertz CT molecular complexity index is 1130. The van der Waals surface area contributed by atoms with Crippen LogP contribution < -0.4 is 9.62 Å². The normalized spacial score (nSPS) is 11.2. The van der Waals surface area contributed by atoms with Crippen LogP contribution in [0.25, 0.3) is 0 Å². The van der Waals surface area contributed by atoms with Gasteiger partial charge in [-0.3, -0.25) is 9.10 Å². The van der Waals surface area contributed by atoms with Crippen molar-refractivity contribution in [2.75, 3.05) is 17.4 Å². The van der Waals surface area contributed by atoms with Crippen molar-refractivity contribution in [1.82, 2.24) is 5.32 Å². The molecule has 0 aliphatic rings. The molecule has 0 aliphatic carbocycles. The smallest absolute Gasteiger partial charge is 0.264 e. The first-order chi connectivity index (χ1) is 15.4. The molecule has 7 heteroatoms. The van der Waals surface area contributed by atoms with E-state index in [4.69, 9.17) is 0 Å². The summed E-state index contributed by atoms with van der Waals surface area (Å²) in [6.07, 6.45) is 1.98. The summed E-state index contributed by atoms with van der Waals surface area (Å²) in [5.74, 6) is -0.663. The molecule has 3 rings (SSSR count). The van der Waals surface area contributed by atoms with Crippen molar-refractivity contribution in [2.24, 2.45) is 0 Å². The maximum atomic E-state index is 13.4. The number of sulfonamides is 1. The van der Waals surface area contributed by atoms with Gasteiger partial charge in [0.15, 0.2) is 0 Å². The van der Waals surface area contributed by atoms with Crippen LogP contribution in [0.4, 0.5) is 10.1 Å². The van der Waals surface area contributed by atoms with E-state index in [1.807, 2.05) is 19.1 Å². The lowest BCUT2D eigenvalue weighted by Gasteiger charge is -2.26. The molecule has 0 aromatic heterocycles. The second-order valence-corrected chi connectivity index (χ2v) is 9.25. The third kappa shape index (κ3) is 5.95. The van der Waals surface area contributed by atoms with Gasteiger partial charge in [0.05, 0.1) is 10.6 Å². The Morgan fingerprint density at radius 3 is 2.28 bits per heavy atom. The second kappa shape index (κ2) is 10.9. The zero-order chi connectivity index (χ0) is 23.0. The van der Waals surface area contributed by atoms with E-state index in [1.165, 1.54) is 28.6 Å². The van der Waals surface area contributed by atoms with Gasteiger partial charge in [-0.2, -0.15) is 0 Å². The fourth-order valence-electron chi connectivity index (χ4n) is 3.43. The highest BCUT2D eigenvalue weighted by atomic mass is 32.2. The number of carbonyl (C=O) groups excluding carboxylic acids is 1. The Labute approximate surface area is 188 Å². The lowest BCUT2D eigenvalue weighted by Crippen LogP contribution is -2.41. The summed E-state index contributed by atoms with van der Waals surface area (Å²) in [7, 11) is -3.92. The molecule has 0 heterocycles. The number of carbonyl (C=O) groups is 1. The third-order valence-electron chi connectivity index (χ3n) is 5.14. The van der Waals surface area contributed by atoms with E-state index >= 15 is 0 Å². The van der Waals surface area contributed by atoms with E-state index in [0.29, 0.717) is 31.5 Å². The molecule has 1 N–H and O–H groups in total. The van der Waals surface area contributed by atoms with Gasteiger partial charge < -0.3 is 5.32 Å². The lowest BCUT2D eigenvalue weighted by atomic mass is 10.1. The van der Waals surface area contributed by atoms with Crippen LogP contribution in [0.15, 0.2) is 83.8 Å². The molecule has 5 nitrogen and oxygen atoms in total. The number of halogens is 1. The van der Waals surface area contributed by atoms with E-state index in [-0.39, 0.29) is 23.2 Å². The molecular formula is C25H27FN2O3S. The van der Waals surface area contributed by atoms with E-state index in [1.54, 1.807) is 42.5 Å². The maximum absolute atomic E-state index is 13.4. The van der Waals surface area contributed by atoms with E-state index in [9.17, 15) is 17.6 Å². The van der Waals surface area contributed by atoms with Crippen LogP contribution >= 0.6 is 0 Å².